The fourth-order valence-electron chi connectivity index (χ4n) is 2.80. The van der Waals surface area contributed by atoms with Crippen LogP contribution in [0.2, 0.25) is 0 Å². The van der Waals surface area contributed by atoms with E-state index in [2.05, 4.69) is 48.6 Å². The molecule has 0 atom stereocenters. The van der Waals surface area contributed by atoms with E-state index in [1.165, 1.54) is 5.56 Å². The molecule has 2 nitrogen and oxygen atoms in total. The maximum atomic E-state index is 10.1. The normalized spacial score (nSPS) is 11.0. The topological polar surface area (TPSA) is 29.5 Å². The van der Waals surface area contributed by atoms with Crippen molar-refractivity contribution in [3.8, 4) is 22.6 Å². The minimum Gasteiger partial charge on any atom is -0.504 e. The molecule has 0 heterocycles. The van der Waals surface area contributed by atoms with Gasteiger partial charge in [0.1, 0.15) is 0 Å². The minimum absolute atomic E-state index is 0.233. The second-order valence-electron chi connectivity index (χ2n) is 5.91. The number of phenolic OH excluding ortho intramolecular Hbond substituents is 1. The third-order valence-corrected chi connectivity index (χ3v) is 4.27. The summed E-state index contributed by atoms with van der Waals surface area (Å²) < 4.78 is 5.30. The quantitative estimate of drug-likeness (QED) is 0.599. The number of hydrogen-bond acceptors (Lipinski definition) is 2. The van der Waals surface area contributed by atoms with Crippen LogP contribution in [0.4, 0.5) is 0 Å². The largest absolute Gasteiger partial charge is 0.504 e. The van der Waals surface area contributed by atoms with Crippen molar-refractivity contribution < 1.29 is 9.84 Å². The van der Waals surface area contributed by atoms with Crippen LogP contribution < -0.4 is 4.74 Å². The fourth-order valence-corrected chi connectivity index (χ4v) is 2.80. The fraction of sp³-hybridized carbons (Fsp3) is 0.130. The molecule has 0 aliphatic rings. The third kappa shape index (κ3) is 3.92. The number of aromatic hydroxyl groups is 1. The van der Waals surface area contributed by atoms with Gasteiger partial charge in [-0.25, -0.2) is 0 Å². The van der Waals surface area contributed by atoms with Gasteiger partial charge in [0.25, 0.3) is 0 Å². The zero-order valence-corrected chi connectivity index (χ0v) is 14.6. The van der Waals surface area contributed by atoms with E-state index < -0.39 is 0 Å². The van der Waals surface area contributed by atoms with Crippen LogP contribution in [0.25, 0.3) is 23.3 Å². The Hall–Kier alpha value is -3.00. The molecule has 0 amide bonds. The predicted molar refractivity (Wildman–Crippen MR) is 105 cm³/mol. The van der Waals surface area contributed by atoms with Crippen molar-refractivity contribution in [1.82, 2.24) is 0 Å². The molecule has 0 aliphatic carbocycles. The number of ether oxygens (including phenoxy) is 1. The van der Waals surface area contributed by atoms with Gasteiger partial charge in [-0.2, -0.15) is 0 Å². The number of phenols is 1. The molecule has 126 valence electrons. The second kappa shape index (κ2) is 7.71. The number of benzene rings is 3. The van der Waals surface area contributed by atoms with E-state index in [-0.39, 0.29) is 5.75 Å². The molecule has 1 N–H and O–H groups in total. The zero-order chi connectivity index (χ0) is 17.6. The van der Waals surface area contributed by atoms with Crippen LogP contribution in [0.15, 0.2) is 66.7 Å². The Kier molecular flexibility index (Phi) is 5.20. The SMILES string of the molecule is CCc1cc(-c2ccc(/C=C/c3ccccc3)cc2)cc(OC)c1O. The molecule has 0 spiro atoms. The molecule has 25 heavy (non-hydrogen) atoms. The average Bonchev–Trinajstić information content (AvgIpc) is 2.68. The summed E-state index contributed by atoms with van der Waals surface area (Å²) in [6.07, 6.45) is 4.97. The summed E-state index contributed by atoms with van der Waals surface area (Å²) in [5, 5.41) is 10.1. The molecule has 0 saturated heterocycles. The zero-order valence-electron chi connectivity index (χ0n) is 14.6. The smallest absolute Gasteiger partial charge is 0.161 e. The molecule has 0 aliphatic heterocycles. The van der Waals surface area contributed by atoms with E-state index in [1.54, 1.807) is 7.11 Å². The molecule has 0 bridgehead atoms. The van der Waals surface area contributed by atoms with Crippen molar-refractivity contribution in [2.45, 2.75) is 13.3 Å². The average molecular weight is 330 g/mol. The summed E-state index contributed by atoms with van der Waals surface area (Å²) in [7, 11) is 1.58. The summed E-state index contributed by atoms with van der Waals surface area (Å²) in [6.45, 7) is 2.02. The van der Waals surface area contributed by atoms with Crippen LogP contribution in [0.1, 0.15) is 23.6 Å². The Balaban J connectivity index is 1.86. The van der Waals surface area contributed by atoms with E-state index in [9.17, 15) is 5.11 Å². The van der Waals surface area contributed by atoms with E-state index in [4.69, 9.17) is 4.74 Å². The maximum absolute atomic E-state index is 10.1. The highest BCUT2D eigenvalue weighted by atomic mass is 16.5. The highest BCUT2D eigenvalue weighted by Gasteiger charge is 2.10. The standard InChI is InChI=1S/C23H22O2/c1-3-19-15-21(16-22(25-2)23(19)24)20-13-11-18(12-14-20)10-9-17-7-5-4-6-8-17/h4-16,24H,3H2,1-2H3/b10-9+. The molecule has 0 unspecified atom stereocenters. The van der Waals surface area contributed by atoms with E-state index in [1.807, 2.05) is 37.3 Å². The van der Waals surface area contributed by atoms with Gasteiger partial charge in [0.15, 0.2) is 11.5 Å². The molecule has 0 fully saturated rings. The van der Waals surface area contributed by atoms with Crippen molar-refractivity contribution in [3.05, 3.63) is 83.4 Å². The highest BCUT2D eigenvalue weighted by Crippen LogP contribution is 2.35. The minimum atomic E-state index is 0.233. The number of methoxy groups -OCH3 is 1. The summed E-state index contributed by atoms with van der Waals surface area (Å²) in [5.74, 6) is 0.749. The number of rotatable bonds is 5. The Morgan fingerprint density at radius 1 is 0.840 bits per heavy atom. The lowest BCUT2D eigenvalue weighted by Gasteiger charge is -2.11. The molecular formula is C23H22O2. The first-order valence-corrected chi connectivity index (χ1v) is 8.44. The van der Waals surface area contributed by atoms with Crippen molar-refractivity contribution in [3.63, 3.8) is 0 Å². The molecule has 2 heteroatoms. The van der Waals surface area contributed by atoms with Gasteiger partial charge in [-0.15, -0.1) is 0 Å². The Labute approximate surface area is 149 Å². The van der Waals surface area contributed by atoms with Gasteiger partial charge >= 0.3 is 0 Å². The van der Waals surface area contributed by atoms with Crippen LogP contribution in [0.3, 0.4) is 0 Å². The van der Waals surface area contributed by atoms with Gasteiger partial charge < -0.3 is 9.84 Å². The van der Waals surface area contributed by atoms with Crippen molar-refractivity contribution in [1.29, 1.82) is 0 Å². The van der Waals surface area contributed by atoms with Crippen molar-refractivity contribution in [2.24, 2.45) is 0 Å². The van der Waals surface area contributed by atoms with Crippen molar-refractivity contribution in [2.75, 3.05) is 7.11 Å². The first-order valence-electron chi connectivity index (χ1n) is 8.44. The summed E-state index contributed by atoms with van der Waals surface area (Å²) in [5.41, 5.74) is 5.37. The van der Waals surface area contributed by atoms with Crippen LogP contribution in [0, 0.1) is 0 Å². The molecule has 0 radical (unpaired) electrons. The summed E-state index contributed by atoms with van der Waals surface area (Å²) in [4.78, 5) is 0. The van der Waals surface area contributed by atoms with Gasteiger partial charge in [-0.05, 0) is 46.4 Å². The molecule has 3 rings (SSSR count). The Morgan fingerprint density at radius 2 is 1.48 bits per heavy atom. The lowest BCUT2D eigenvalue weighted by Crippen LogP contribution is -1.91. The highest BCUT2D eigenvalue weighted by molar-refractivity contribution is 5.73. The van der Waals surface area contributed by atoms with E-state index >= 15 is 0 Å². The molecule has 0 aromatic heterocycles. The van der Waals surface area contributed by atoms with Crippen LogP contribution >= 0.6 is 0 Å². The van der Waals surface area contributed by atoms with Crippen LogP contribution in [0.5, 0.6) is 11.5 Å². The Morgan fingerprint density at radius 3 is 2.08 bits per heavy atom. The lowest BCUT2D eigenvalue weighted by molar-refractivity contribution is 0.371. The van der Waals surface area contributed by atoms with Gasteiger partial charge in [-0.1, -0.05) is 73.7 Å². The molecule has 0 saturated carbocycles. The van der Waals surface area contributed by atoms with Crippen LogP contribution in [-0.2, 0) is 6.42 Å². The molecular weight excluding hydrogens is 308 g/mol. The number of aryl methyl sites for hydroxylation is 1. The van der Waals surface area contributed by atoms with Gasteiger partial charge in [0, 0.05) is 0 Å². The maximum Gasteiger partial charge on any atom is 0.161 e. The van der Waals surface area contributed by atoms with Gasteiger partial charge in [0.2, 0.25) is 0 Å². The predicted octanol–water partition coefficient (Wildman–Crippen LogP) is 5.80. The monoisotopic (exact) mass is 330 g/mol. The van der Waals surface area contributed by atoms with Crippen molar-refractivity contribution >= 4 is 12.2 Å². The first kappa shape index (κ1) is 16.8. The number of hydrogen-bond donors (Lipinski definition) is 1. The third-order valence-electron chi connectivity index (χ3n) is 4.27. The van der Waals surface area contributed by atoms with Gasteiger partial charge in [-0.3, -0.25) is 0 Å². The molecule has 3 aromatic carbocycles. The van der Waals surface area contributed by atoms with Crippen LogP contribution in [-0.4, -0.2) is 12.2 Å². The summed E-state index contributed by atoms with van der Waals surface area (Å²) >= 11 is 0. The van der Waals surface area contributed by atoms with Gasteiger partial charge in [0.05, 0.1) is 7.11 Å². The van der Waals surface area contributed by atoms with E-state index in [0.717, 1.165) is 28.7 Å². The summed E-state index contributed by atoms with van der Waals surface area (Å²) in [6, 6.07) is 22.5. The molecule has 3 aromatic rings. The first-order chi connectivity index (χ1) is 12.2. The second-order valence-corrected chi connectivity index (χ2v) is 5.91. The van der Waals surface area contributed by atoms with E-state index in [0.29, 0.717) is 5.75 Å². The Bertz CT molecular complexity index is 837. The lowest BCUT2D eigenvalue weighted by atomic mass is 9.99.